The minimum absolute atomic E-state index is 0.223. The second kappa shape index (κ2) is 10.7. The van der Waals surface area contributed by atoms with E-state index in [0.717, 1.165) is 19.0 Å². The SMILES string of the molecule is CC1CCN(C(CNC(=O)Nc2ccc(NC(=O)OC(C)(C)C)cc2)C(C)C)CC1. The van der Waals surface area contributed by atoms with Gasteiger partial charge in [0.2, 0.25) is 0 Å². The number of carbonyl (C=O) groups is 2. The van der Waals surface area contributed by atoms with Crippen LogP contribution in [-0.4, -0.2) is 48.3 Å². The fraction of sp³-hybridized carbons (Fsp3) is 0.652. The van der Waals surface area contributed by atoms with Gasteiger partial charge >= 0.3 is 12.1 Å². The Hall–Kier alpha value is -2.28. The Morgan fingerprint density at radius 1 is 1.07 bits per heavy atom. The average Bonchev–Trinajstić information content (AvgIpc) is 2.63. The number of carbonyl (C=O) groups excluding carboxylic acids is 2. The smallest absolute Gasteiger partial charge is 0.412 e. The highest BCUT2D eigenvalue weighted by Gasteiger charge is 2.26. The summed E-state index contributed by atoms with van der Waals surface area (Å²) in [6.07, 6.45) is 1.94. The van der Waals surface area contributed by atoms with Crippen molar-refractivity contribution in [2.45, 2.75) is 66.0 Å². The number of likely N-dealkylation sites (tertiary alicyclic amines) is 1. The zero-order valence-electron chi connectivity index (χ0n) is 19.2. The Kier molecular flexibility index (Phi) is 8.53. The van der Waals surface area contributed by atoms with Crippen molar-refractivity contribution in [1.29, 1.82) is 0 Å². The normalized spacial score (nSPS) is 16.8. The average molecular weight is 419 g/mol. The van der Waals surface area contributed by atoms with Crippen LogP contribution in [0, 0.1) is 11.8 Å². The lowest BCUT2D eigenvalue weighted by atomic mass is 9.94. The minimum Gasteiger partial charge on any atom is -0.444 e. The van der Waals surface area contributed by atoms with E-state index in [-0.39, 0.29) is 6.03 Å². The van der Waals surface area contributed by atoms with Crippen molar-refractivity contribution >= 4 is 23.5 Å². The third-order valence-electron chi connectivity index (χ3n) is 5.32. The molecule has 2 rings (SSSR count). The molecule has 168 valence electrons. The van der Waals surface area contributed by atoms with Crippen LogP contribution in [-0.2, 0) is 4.74 Å². The number of amides is 3. The van der Waals surface area contributed by atoms with E-state index < -0.39 is 11.7 Å². The molecule has 0 radical (unpaired) electrons. The Morgan fingerprint density at radius 3 is 2.10 bits per heavy atom. The van der Waals surface area contributed by atoms with E-state index in [1.54, 1.807) is 24.3 Å². The van der Waals surface area contributed by atoms with E-state index in [2.05, 4.69) is 41.6 Å². The van der Waals surface area contributed by atoms with Gasteiger partial charge in [0.25, 0.3) is 0 Å². The summed E-state index contributed by atoms with van der Waals surface area (Å²) in [5.74, 6) is 1.26. The first-order valence-corrected chi connectivity index (χ1v) is 10.9. The van der Waals surface area contributed by atoms with Gasteiger partial charge in [-0.1, -0.05) is 20.8 Å². The summed E-state index contributed by atoms with van der Waals surface area (Å²) in [5.41, 5.74) is 0.716. The van der Waals surface area contributed by atoms with E-state index in [9.17, 15) is 9.59 Å². The molecule has 1 heterocycles. The van der Waals surface area contributed by atoms with Gasteiger partial charge in [-0.3, -0.25) is 10.2 Å². The first-order chi connectivity index (χ1) is 14.0. The topological polar surface area (TPSA) is 82.7 Å². The molecule has 7 heteroatoms. The zero-order valence-corrected chi connectivity index (χ0v) is 19.2. The Balaban J connectivity index is 1.81. The molecule has 0 bridgehead atoms. The first kappa shape index (κ1) is 24.0. The molecular formula is C23H38N4O3. The summed E-state index contributed by atoms with van der Waals surface area (Å²) < 4.78 is 5.23. The van der Waals surface area contributed by atoms with Crippen molar-refractivity contribution < 1.29 is 14.3 Å². The Morgan fingerprint density at radius 2 is 1.60 bits per heavy atom. The number of ether oxygens (including phenoxy) is 1. The second-order valence-corrected chi connectivity index (χ2v) is 9.57. The van der Waals surface area contributed by atoms with Crippen LogP contribution >= 0.6 is 0 Å². The van der Waals surface area contributed by atoms with Crippen molar-refractivity contribution in [3.05, 3.63) is 24.3 Å². The third-order valence-corrected chi connectivity index (χ3v) is 5.32. The Bertz CT molecular complexity index is 689. The van der Waals surface area contributed by atoms with E-state index >= 15 is 0 Å². The molecule has 1 fully saturated rings. The molecule has 1 saturated heterocycles. The monoisotopic (exact) mass is 418 g/mol. The molecule has 3 amide bonds. The maximum Gasteiger partial charge on any atom is 0.412 e. The van der Waals surface area contributed by atoms with Gasteiger partial charge < -0.3 is 15.4 Å². The number of hydrogen-bond donors (Lipinski definition) is 3. The van der Waals surface area contributed by atoms with Crippen molar-refractivity contribution in [3.8, 4) is 0 Å². The highest BCUT2D eigenvalue weighted by molar-refractivity contribution is 5.90. The van der Waals surface area contributed by atoms with E-state index in [0.29, 0.717) is 29.9 Å². The van der Waals surface area contributed by atoms with Crippen molar-refractivity contribution in [3.63, 3.8) is 0 Å². The molecular weight excluding hydrogens is 380 g/mol. The quantitative estimate of drug-likeness (QED) is 0.613. The van der Waals surface area contributed by atoms with Gasteiger partial charge in [0.15, 0.2) is 0 Å². The summed E-state index contributed by atoms with van der Waals surface area (Å²) in [6.45, 7) is 15.0. The van der Waals surface area contributed by atoms with Crippen LogP contribution < -0.4 is 16.0 Å². The molecule has 0 aliphatic carbocycles. The Labute approximate surface area is 180 Å². The lowest BCUT2D eigenvalue weighted by molar-refractivity contribution is 0.0636. The van der Waals surface area contributed by atoms with Crippen LogP contribution in [0.25, 0.3) is 0 Å². The van der Waals surface area contributed by atoms with Gasteiger partial charge in [0.1, 0.15) is 5.60 Å². The zero-order chi connectivity index (χ0) is 22.3. The molecule has 1 aliphatic rings. The molecule has 1 atom stereocenters. The lowest BCUT2D eigenvalue weighted by Crippen LogP contribution is -2.50. The molecule has 7 nitrogen and oxygen atoms in total. The fourth-order valence-electron chi connectivity index (χ4n) is 3.58. The molecule has 1 aromatic rings. The largest absolute Gasteiger partial charge is 0.444 e. The van der Waals surface area contributed by atoms with Gasteiger partial charge in [0.05, 0.1) is 0 Å². The van der Waals surface area contributed by atoms with Crippen molar-refractivity contribution in [2.24, 2.45) is 11.8 Å². The van der Waals surface area contributed by atoms with Gasteiger partial charge in [0, 0.05) is 24.0 Å². The highest BCUT2D eigenvalue weighted by Crippen LogP contribution is 2.21. The molecule has 0 saturated carbocycles. The summed E-state index contributed by atoms with van der Waals surface area (Å²) in [6, 6.07) is 7.07. The fourth-order valence-corrected chi connectivity index (χ4v) is 3.58. The van der Waals surface area contributed by atoms with Gasteiger partial charge in [-0.2, -0.15) is 0 Å². The number of anilines is 2. The number of benzene rings is 1. The molecule has 3 N–H and O–H groups in total. The maximum absolute atomic E-state index is 12.4. The highest BCUT2D eigenvalue weighted by atomic mass is 16.6. The van der Waals surface area contributed by atoms with Crippen LogP contribution in [0.3, 0.4) is 0 Å². The predicted molar refractivity (Wildman–Crippen MR) is 122 cm³/mol. The van der Waals surface area contributed by atoms with Crippen LogP contribution in [0.4, 0.5) is 21.0 Å². The maximum atomic E-state index is 12.4. The minimum atomic E-state index is -0.552. The van der Waals surface area contributed by atoms with Gasteiger partial charge in [-0.25, -0.2) is 9.59 Å². The van der Waals surface area contributed by atoms with Crippen LogP contribution in [0.1, 0.15) is 54.4 Å². The van der Waals surface area contributed by atoms with Crippen molar-refractivity contribution in [2.75, 3.05) is 30.3 Å². The molecule has 0 spiro atoms. The molecule has 1 aromatic carbocycles. The predicted octanol–water partition coefficient (Wildman–Crippen LogP) is 4.91. The number of hydrogen-bond acceptors (Lipinski definition) is 4. The third kappa shape index (κ3) is 8.22. The second-order valence-electron chi connectivity index (χ2n) is 9.57. The van der Waals surface area contributed by atoms with E-state index in [1.165, 1.54) is 12.8 Å². The number of piperidine rings is 1. The number of urea groups is 1. The van der Waals surface area contributed by atoms with Gasteiger partial charge in [-0.15, -0.1) is 0 Å². The molecule has 1 aliphatic heterocycles. The van der Waals surface area contributed by atoms with E-state index in [1.807, 2.05) is 20.8 Å². The van der Waals surface area contributed by atoms with Crippen LogP contribution in [0.5, 0.6) is 0 Å². The van der Waals surface area contributed by atoms with Crippen LogP contribution in [0.2, 0.25) is 0 Å². The summed E-state index contributed by atoms with van der Waals surface area (Å²) >= 11 is 0. The first-order valence-electron chi connectivity index (χ1n) is 10.9. The summed E-state index contributed by atoms with van der Waals surface area (Å²) in [7, 11) is 0. The molecule has 1 unspecified atom stereocenters. The van der Waals surface area contributed by atoms with Crippen LogP contribution in [0.15, 0.2) is 24.3 Å². The van der Waals surface area contributed by atoms with Crippen molar-refractivity contribution in [1.82, 2.24) is 10.2 Å². The number of nitrogens with zero attached hydrogens (tertiary/aromatic N) is 1. The molecule has 0 aromatic heterocycles. The summed E-state index contributed by atoms with van der Waals surface area (Å²) in [4.78, 5) is 26.7. The number of rotatable bonds is 6. The van der Waals surface area contributed by atoms with Gasteiger partial charge in [-0.05, 0) is 82.8 Å². The molecule has 30 heavy (non-hydrogen) atoms. The van der Waals surface area contributed by atoms with E-state index in [4.69, 9.17) is 4.74 Å². The summed E-state index contributed by atoms with van der Waals surface area (Å²) in [5, 5.41) is 8.54. The lowest BCUT2D eigenvalue weighted by Gasteiger charge is -2.38. The standard InChI is InChI=1S/C23H38N4O3/c1-16(2)20(27-13-11-17(3)12-14-27)15-24-21(28)25-18-7-9-19(10-8-18)26-22(29)30-23(4,5)6/h7-10,16-17,20H,11-15H2,1-6H3,(H,26,29)(H2,24,25,28). The number of nitrogens with one attached hydrogen (secondary N) is 3.